The molecule has 0 aromatic heterocycles. The molecule has 4 heteroatoms. The second-order valence-corrected chi connectivity index (χ2v) is 14.2. The van der Waals surface area contributed by atoms with Crippen LogP contribution in [0, 0.1) is 39.9 Å². The minimum Gasteiger partial charge on any atom is -0.462 e. The van der Waals surface area contributed by atoms with Gasteiger partial charge in [-0.15, -0.1) is 0 Å². The van der Waals surface area contributed by atoms with E-state index in [2.05, 4.69) is 38.7 Å². The molecule has 4 aliphatic carbocycles. The number of piperidine rings is 1. The molecule has 0 aromatic rings. The Balaban J connectivity index is 1.16. The third-order valence-electron chi connectivity index (χ3n) is 11.5. The lowest BCUT2D eigenvalue weighted by Crippen LogP contribution is -2.54. The molecule has 0 spiro atoms. The SMILES string of the molecule is CC(=O)C1=CC[C@H]2[C@@H]3CC[C@H]4C[C@H](OC(=O)CCN5CCCC(C)(C)C5)CC[C@]4(C)[C@H]3CC[C@]12C. The van der Waals surface area contributed by atoms with E-state index < -0.39 is 0 Å². The van der Waals surface area contributed by atoms with Gasteiger partial charge in [-0.3, -0.25) is 9.59 Å². The minimum absolute atomic E-state index is 0.0119. The van der Waals surface area contributed by atoms with Crippen LogP contribution in [0.15, 0.2) is 11.6 Å². The third kappa shape index (κ3) is 4.66. The van der Waals surface area contributed by atoms with Gasteiger partial charge in [-0.1, -0.05) is 33.8 Å². The van der Waals surface area contributed by atoms with E-state index in [1.807, 2.05) is 0 Å². The zero-order valence-corrected chi connectivity index (χ0v) is 23.0. The Kier molecular flexibility index (Phi) is 6.77. The number of carbonyl (C=O) groups is 2. The number of ketones is 1. The number of hydrogen-bond acceptors (Lipinski definition) is 4. The summed E-state index contributed by atoms with van der Waals surface area (Å²) in [5.74, 6) is 3.13. The monoisotopic (exact) mass is 483 g/mol. The van der Waals surface area contributed by atoms with Gasteiger partial charge >= 0.3 is 5.97 Å². The Labute approximate surface area is 213 Å². The van der Waals surface area contributed by atoms with Gasteiger partial charge in [-0.05, 0) is 123 Å². The first-order chi connectivity index (χ1) is 16.5. The van der Waals surface area contributed by atoms with Crippen molar-refractivity contribution in [1.82, 2.24) is 4.90 Å². The largest absolute Gasteiger partial charge is 0.462 e. The van der Waals surface area contributed by atoms with Crippen molar-refractivity contribution in [2.75, 3.05) is 19.6 Å². The number of nitrogens with zero attached hydrogens (tertiary/aromatic N) is 1. The van der Waals surface area contributed by atoms with Gasteiger partial charge in [-0.2, -0.15) is 0 Å². The van der Waals surface area contributed by atoms with Crippen LogP contribution in [0.25, 0.3) is 0 Å². The molecule has 5 aliphatic rings. The molecule has 0 unspecified atom stereocenters. The van der Waals surface area contributed by atoms with Crippen LogP contribution >= 0.6 is 0 Å². The summed E-state index contributed by atoms with van der Waals surface area (Å²) in [6.45, 7) is 14.4. The summed E-state index contributed by atoms with van der Waals surface area (Å²) in [4.78, 5) is 27.5. The molecule has 0 amide bonds. The van der Waals surface area contributed by atoms with E-state index in [-0.39, 0.29) is 17.5 Å². The number of fused-ring (bicyclic) bond motifs is 5. The van der Waals surface area contributed by atoms with Gasteiger partial charge < -0.3 is 9.64 Å². The van der Waals surface area contributed by atoms with Gasteiger partial charge in [0.1, 0.15) is 6.10 Å². The van der Waals surface area contributed by atoms with Gasteiger partial charge in [0.15, 0.2) is 5.78 Å². The summed E-state index contributed by atoms with van der Waals surface area (Å²) in [5, 5.41) is 0. The van der Waals surface area contributed by atoms with Crippen molar-refractivity contribution in [2.24, 2.45) is 39.9 Å². The highest BCUT2D eigenvalue weighted by atomic mass is 16.5. The number of esters is 1. The number of ether oxygens (including phenoxy) is 1. The molecular formula is C31H49NO3. The van der Waals surface area contributed by atoms with Crippen LogP contribution in [0.2, 0.25) is 0 Å². The molecule has 3 saturated carbocycles. The highest BCUT2D eigenvalue weighted by Crippen LogP contribution is 2.66. The number of rotatable bonds is 5. The molecule has 0 N–H and O–H groups in total. The summed E-state index contributed by atoms with van der Waals surface area (Å²) in [7, 11) is 0. The fraction of sp³-hybridized carbons (Fsp3) is 0.871. The summed E-state index contributed by atoms with van der Waals surface area (Å²) in [6, 6.07) is 0. The van der Waals surface area contributed by atoms with Crippen LogP contribution in [-0.4, -0.2) is 42.4 Å². The van der Waals surface area contributed by atoms with Crippen LogP contribution in [0.1, 0.15) is 105 Å². The molecule has 0 radical (unpaired) electrons. The predicted octanol–water partition coefficient (Wildman–Crippen LogP) is 6.58. The standard InChI is InChI=1S/C31H49NO3/c1-21(33)25-9-10-26-24-8-7-22-19-23(11-15-30(22,4)27(24)12-16-31(25,26)5)35-28(34)13-18-32-17-6-14-29(2,3)20-32/h9,22-24,26-27H,6-8,10-20H2,1-5H3/t22-,23+,24-,26-,27-,30-,31+/m0/s1. The lowest BCUT2D eigenvalue weighted by molar-refractivity contribution is -0.161. The summed E-state index contributed by atoms with van der Waals surface area (Å²) in [6.07, 6.45) is 14.8. The predicted molar refractivity (Wildman–Crippen MR) is 140 cm³/mol. The highest BCUT2D eigenvalue weighted by molar-refractivity contribution is 5.95. The van der Waals surface area contributed by atoms with E-state index in [4.69, 9.17) is 4.74 Å². The maximum atomic E-state index is 12.7. The van der Waals surface area contributed by atoms with E-state index >= 15 is 0 Å². The van der Waals surface area contributed by atoms with Crippen molar-refractivity contribution in [2.45, 2.75) is 111 Å². The smallest absolute Gasteiger partial charge is 0.307 e. The Morgan fingerprint density at radius 3 is 2.57 bits per heavy atom. The van der Waals surface area contributed by atoms with Crippen molar-refractivity contribution < 1.29 is 14.3 Å². The van der Waals surface area contributed by atoms with Crippen LogP contribution in [0.4, 0.5) is 0 Å². The zero-order chi connectivity index (χ0) is 25.0. The van der Waals surface area contributed by atoms with Gasteiger partial charge in [0.25, 0.3) is 0 Å². The molecule has 1 saturated heterocycles. The molecule has 7 atom stereocenters. The van der Waals surface area contributed by atoms with Crippen LogP contribution in [0.3, 0.4) is 0 Å². The van der Waals surface area contributed by atoms with Crippen LogP contribution < -0.4 is 0 Å². The quantitative estimate of drug-likeness (QED) is 0.415. The minimum atomic E-state index is 0.0119. The summed E-state index contributed by atoms with van der Waals surface area (Å²) < 4.78 is 6.08. The first kappa shape index (κ1) is 25.5. The van der Waals surface area contributed by atoms with E-state index in [0.717, 1.165) is 62.7 Å². The lowest BCUT2D eigenvalue weighted by Gasteiger charge is -2.60. The van der Waals surface area contributed by atoms with E-state index in [0.29, 0.717) is 34.9 Å². The van der Waals surface area contributed by atoms with Crippen molar-refractivity contribution in [3.05, 3.63) is 11.6 Å². The first-order valence-electron chi connectivity index (χ1n) is 14.7. The second kappa shape index (κ2) is 9.30. The first-order valence-corrected chi connectivity index (χ1v) is 14.7. The van der Waals surface area contributed by atoms with Crippen molar-refractivity contribution in [1.29, 1.82) is 0 Å². The zero-order valence-electron chi connectivity index (χ0n) is 23.0. The van der Waals surface area contributed by atoms with Gasteiger partial charge in [0, 0.05) is 13.1 Å². The second-order valence-electron chi connectivity index (χ2n) is 14.2. The molecule has 35 heavy (non-hydrogen) atoms. The van der Waals surface area contributed by atoms with Gasteiger partial charge in [-0.25, -0.2) is 0 Å². The van der Waals surface area contributed by atoms with E-state index in [1.165, 1.54) is 38.5 Å². The van der Waals surface area contributed by atoms with Crippen molar-refractivity contribution >= 4 is 11.8 Å². The Bertz CT molecular complexity index is 876. The average Bonchev–Trinajstić information content (AvgIpc) is 3.15. The maximum Gasteiger partial charge on any atom is 0.307 e. The van der Waals surface area contributed by atoms with E-state index in [9.17, 15) is 9.59 Å². The Morgan fingerprint density at radius 1 is 1.03 bits per heavy atom. The summed E-state index contributed by atoms with van der Waals surface area (Å²) in [5.41, 5.74) is 1.96. The average molecular weight is 484 g/mol. The number of allylic oxidation sites excluding steroid dienone is 2. The molecule has 1 aliphatic heterocycles. The molecule has 196 valence electrons. The topological polar surface area (TPSA) is 46.6 Å². The van der Waals surface area contributed by atoms with Crippen molar-refractivity contribution in [3.63, 3.8) is 0 Å². The number of hydrogen-bond donors (Lipinski definition) is 0. The lowest BCUT2D eigenvalue weighted by atomic mass is 9.44. The Hall–Kier alpha value is -1.16. The molecular weight excluding hydrogens is 434 g/mol. The molecule has 5 rings (SSSR count). The Morgan fingerprint density at radius 2 is 1.83 bits per heavy atom. The molecule has 1 heterocycles. The molecule has 0 bridgehead atoms. The number of likely N-dealkylation sites (tertiary alicyclic amines) is 1. The normalized spacial score (nSPS) is 42.9. The summed E-state index contributed by atoms with van der Waals surface area (Å²) >= 11 is 0. The fourth-order valence-corrected chi connectivity index (χ4v) is 9.67. The highest BCUT2D eigenvalue weighted by Gasteiger charge is 2.59. The molecule has 0 aromatic carbocycles. The number of Topliss-reactive ketones (excluding diaryl/α,β-unsaturated/α-hetero) is 1. The van der Waals surface area contributed by atoms with Gasteiger partial charge in [0.05, 0.1) is 6.42 Å². The maximum absolute atomic E-state index is 12.7. The third-order valence-corrected chi connectivity index (χ3v) is 11.5. The van der Waals surface area contributed by atoms with Crippen LogP contribution in [0.5, 0.6) is 0 Å². The molecule has 4 fully saturated rings. The molecule has 4 nitrogen and oxygen atoms in total. The fourth-order valence-electron chi connectivity index (χ4n) is 9.67. The van der Waals surface area contributed by atoms with Crippen molar-refractivity contribution in [3.8, 4) is 0 Å². The van der Waals surface area contributed by atoms with Gasteiger partial charge in [0.2, 0.25) is 0 Å². The number of carbonyl (C=O) groups excluding carboxylic acids is 2. The van der Waals surface area contributed by atoms with Crippen LogP contribution in [-0.2, 0) is 14.3 Å². The van der Waals surface area contributed by atoms with E-state index in [1.54, 1.807) is 6.92 Å².